The van der Waals surface area contributed by atoms with E-state index in [1.165, 1.54) is 6.42 Å². The number of phenols is 1. The van der Waals surface area contributed by atoms with Crippen LogP contribution in [0, 0.1) is 29.7 Å². The summed E-state index contributed by atoms with van der Waals surface area (Å²) in [5.41, 5.74) is 2.00. The number of carbonyl (C=O) groups excluding carboxylic acids is 1. The number of ether oxygens (including phenoxy) is 1. The molecule has 159 valence electrons. The van der Waals surface area contributed by atoms with Crippen molar-refractivity contribution in [3.05, 3.63) is 59.7 Å². The number of hydrogen-bond acceptors (Lipinski definition) is 3. The topological polar surface area (TPSA) is 58.6 Å². The number of amides is 1. The minimum Gasteiger partial charge on any atom is -0.504 e. The molecule has 31 heavy (non-hydrogen) atoms. The van der Waals surface area contributed by atoms with Crippen molar-refractivity contribution in [2.24, 2.45) is 11.8 Å². The first-order valence-corrected chi connectivity index (χ1v) is 10.8. The van der Waals surface area contributed by atoms with E-state index in [0.717, 1.165) is 30.4 Å². The van der Waals surface area contributed by atoms with E-state index in [4.69, 9.17) is 4.74 Å². The van der Waals surface area contributed by atoms with Crippen LogP contribution < -0.4 is 10.1 Å². The summed E-state index contributed by atoms with van der Waals surface area (Å²) >= 11 is 0. The smallest absolute Gasteiger partial charge is 0.224 e. The SMILES string of the molecule is CCC1(c2cccc(OC[C@H]3CNC(=O)[C@@H]3CC#Cc3cc[c-]cc3)c2O)CCC1.[Y]. The maximum atomic E-state index is 12.3. The Morgan fingerprint density at radius 2 is 2.03 bits per heavy atom. The first kappa shape index (κ1) is 23.8. The normalized spacial score (nSPS) is 21.1. The fourth-order valence-electron chi connectivity index (χ4n) is 4.57. The molecule has 2 aliphatic rings. The number of para-hydroxylation sites is 1. The van der Waals surface area contributed by atoms with Gasteiger partial charge in [0.2, 0.25) is 5.91 Å². The van der Waals surface area contributed by atoms with E-state index in [1.807, 2.05) is 42.5 Å². The van der Waals surface area contributed by atoms with E-state index in [-0.39, 0.29) is 61.6 Å². The summed E-state index contributed by atoms with van der Waals surface area (Å²) < 4.78 is 6.02. The van der Waals surface area contributed by atoms with Crippen LogP contribution in [0.3, 0.4) is 0 Å². The summed E-state index contributed by atoms with van der Waals surface area (Å²) in [6, 6.07) is 16.2. The Hall–Kier alpha value is -1.83. The van der Waals surface area contributed by atoms with Crippen LogP contribution in [0.4, 0.5) is 0 Å². The van der Waals surface area contributed by atoms with Gasteiger partial charge in [-0.05, 0) is 30.7 Å². The molecule has 2 aromatic carbocycles. The monoisotopic (exact) mass is 491 g/mol. The molecule has 0 aromatic heterocycles. The van der Waals surface area contributed by atoms with Crippen molar-refractivity contribution in [3.63, 3.8) is 0 Å². The Labute approximate surface area is 210 Å². The van der Waals surface area contributed by atoms with E-state index >= 15 is 0 Å². The predicted octanol–water partition coefficient (Wildman–Crippen LogP) is 4.20. The second-order valence-corrected chi connectivity index (χ2v) is 8.36. The molecule has 0 bridgehead atoms. The summed E-state index contributed by atoms with van der Waals surface area (Å²) in [7, 11) is 0. The Morgan fingerprint density at radius 1 is 1.26 bits per heavy atom. The van der Waals surface area contributed by atoms with Crippen LogP contribution in [0.1, 0.15) is 50.2 Å². The van der Waals surface area contributed by atoms with E-state index in [2.05, 4.69) is 30.1 Å². The molecule has 1 saturated heterocycles. The van der Waals surface area contributed by atoms with Gasteiger partial charge in [-0.1, -0.05) is 42.9 Å². The quantitative estimate of drug-likeness (QED) is 0.471. The summed E-state index contributed by atoms with van der Waals surface area (Å²) in [6.07, 6.45) is 4.94. The zero-order valence-corrected chi connectivity index (χ0v) is 20.8. The first-order chi connectivity index (χ1) is 14.6. The van der Waals surface area contributed by atoms with E-state index in [0.29, 0.717) is 25.3 Å². The molecule has 2 atom stereocenters. The fourth-order valence-corrected chi connectivity index (χ4v) is 4.57. The van der Waals surface area contributed by atoms with Crippen molar-refractivity contribution < 1.29 is 47.3 Å². The van der Waals surface area contributed by atoms with Crippen molar-refractivity contribution in [1.82, 2.24) is 5.32 Å². The molecule has 0 unspecified atom stereocenters. The zero-order valence-electron chi connectivity index (χ0n) is 18.0. The summed E-state index contributed by atoms with van der Waals surface area (Å²) in [4.78, 5) is 12.3. The largest absolute Gasteiger partial charge is 0.504 e. The van der Waals surface area contributed by atoms with Gasteiger partial charge in [0.25, 0.3) is 0 Å². The standard InChI is InChI=1S/C26H28NO3.Y/c1-2-26(15-8-16-26)22-13-7-14-23(24(22)28)30-18-20-17-27-25(29)21(20)12-6-11-19-9-4-3-5-10-19;/h4-5,7,9-10,13-14,20-21,28H,2,8,12,15-18H2,1H3,(H,27,29);/q-1;/t20-,21-;/m1./s1. The third kappa shape index (κ3) is 5.16. The maximum Gasteiger partial charge on any atom is 0.224 e. The van der Waals surface area contributed by atoms with Gasteiger partial charge >= 0.3 is 0 Å². The van der Waals surface area contributed by atoms with Gasteiger partial charge in [-0.15, -0.1) is 0 Å². The number of rotatable bonds is 6. The molecule has 1 amide bonds. The number of benzene rings is 2. The third-order valence-electron chi connectivity index (χ3n) is 6.73. The van der Waals surface area contributed by atoms with Gasteiger partial charge in [-0.3, -0.25) is 4.79 Å². The first-order valence-electron chi connectivity index (χ1n) is 10.8. The van der Waals surface area contributed by atoms with Crippen LogP contribution in [-0.2, 0) is 42.9 Å². The van der Waals surface area contributed by atoms with Crippen molar-refractivity contribution >= 4 is 5.91 Å². The molecule has 4 rings (SSSR count). The van der Waals surface area contributed by atoms with Crippen LogP contribution in [0.2, 0.25) is 0 Å². The summed E-state index contributed by atoms with van der Waals surface area (Å²) in [5.74, 6) is 6.87. The summed E-state index contributed by atoms with van der Waals surface area (Å²) in [6.45, 7) is 3.13. The number of hydrogen-bond donors (Lipinski definition) is 2. The molecular formula is C26H28NO3Y-. The van der Waals surface area contributed by atoms with Gasteiger partial charge in [-0.2, -0.15) is 30.3 Å². The Kier molecular flexibility index (Phi) is 8.20. The van der Waals surface area contributed by atoms with Gasteiger partial charge in [-0.25, -0.2) is 0 Å². The molecule has 1 aliphatic carbocycles. The van der Waals surface area contributed by atoms with Gasteiger partial charge < -0.3 is 15.2 Å². The van der Waals surface area contributed by atoms with Crippen molar-refractivity contribution in [2.75, 3.05) is 13.2 Å². The molecule has 1 heterocycles. The second kappa shape index (κ2) is 10.7. The second-order valence-electron chi connectivity index (χ2n) is 8.36. The number of nitrogens with one attached hydrogen (secondary N) is 1. The molecule has 2 fully saturated rings. The van der Waals surface area contributed by atoms with Gasteiger partial charge in [0.1, 0.15) is 0 Å². The van der Waals surface area contributed by atoms with Crippen LogP contribution in [0.15, 0.2) is 42.5 Å². The molecule has 0 spiro atoms. The van der Waals surface area contributed by atoms with Crippen molar-refractivity contribution in [3.8, 4) is 23.3 Å². The molecular weight excluding hydrogens is 463 g/mol. The molecule has 2 aromatic rings. The van der Waals surface area contributed by atoms with Crippen LogP contribution in [-0.4, -0.2) is 24.2 Å². The van der Waals surface area contributed by atoms with E-state index < -0.39 is 0 Å². The Bertz CT molecular complexity index is 954. The minimum atomic E-state index is -0.202. The number of phenolic OH excluding ortho intramolecular Hbond substituents is 1. The van der Waals surface area contributed by atoms with Gasteiger partial charge in [0, 0.05) is 57.2 Å². The average Bonchev–Trinajstić information content (AvgIpc) is 3.08. The van der Waals surface area contributed by atoms with Crippen molar-refractivity contribution in [1.29, 1.82) is 0 Å². The van der Waals surface area contributed by atoms with Gasteiger partial charge in [0.05, 0.1) is 12.5 Å². The molecule has 1 aliphatic heterocycles. The molecule has 2 N–H and O–H groups in total. The van der Waals surface area contributed by atoms with Crippen LogP contribution >= 0.6 is 0 Å². The fraction of sp³-hybridized carbons (Fsp3) is 0.423. The third-order valence-corrected chi connectivity index (χ3v) is 6.73. The zero-order chi connectivity index (χ0) is 21.0. The molecule has 1 saturated carbocycles. The molecule has 5 heteroatoms. The van der Waals surface area contributed by atoms with Crippen molar-refractivity contribution in [2.45, 2.75) is 44.4 Å². The number of carbonyl (C=O) groups is 1. The summed E-state index contributed by atoms with van der Waals surface area (Å²) in [5, 5.41) is 13.8. The minimum absolute atomic E-state index is 0. The van der Waals surface area contributed by atoms with Gasteiger partial charge in [0.15, 0.2) is 11.5 Å². The number of aromatic hydroxyl groups is 1. The maximum absolute atomic E-state index is 12.3. The Morgan fingerprint density at radius 3 is 2.71 bits per heavy atom. The van der Waals surface area contributed by atoms with E-state index in [9.17, 15) is 9.90 Å². The Balaban J connectivity index is 0.00000272. The molecule has 4 nitrogen and oxygen atoms in total. The van der Waals surface area contributed by atoms with Crippen LogP contribution in [0.25, 0.3) is 0 Å². The average molecular weight is 491 g/mol. The van der Waals surface area contributed by atoms with Crippen LogP contribution in [0.5, 0.6) is 11.5 Å². The molecule has 1 radical (unpaired) electrons. The van der Waals surface area contributed by atoms with E-state index in [1.54, 1.807) is 0 Å². The predicted molar refractivity (Wildman–Crippen MR) is 116 cm³/mol.